The second-order valence-corrected chi connectivity index (χ2v) is 6.10. The SMILES string of the molecule is CC(NC(CCCN)C(N)=O)c1ccc(OCC2CC2)cc1. The monoisotopic (exact) mass is 305 g/mol. The molecule has 2 unspecified atom stereocenters. The number of rotatable bonds is 10. The number of nitrogens with two attached hydrogens (primary N) is 2. The van der Waals surface area contributed by atoms with E-state index in [1.165, 1.54) is 12.8 Å². The Morgan fingerprint density at radius 2 is 2.05 bits per heavy atom. The molecule has 1 aliphatic rings. The molecule has 122 valence electrons. The molecule has 1 saturated carbocycles. The Morgan fingerprint density at radius 1 is 1.36 bits per heavy atom. The van der Waals surface area contributed by atoms with Crippen molar-refractivity contribution in [3.05, 3.63) is 29.8 Å². The molecule has 0 spiro atoms. The van der Waals surface area contributed by atoms with Gasteiger partial charge in [-0.25, -0.2) is 0 Å². The Labute approximate surface area is 132 Å². The van der Waals surface area contributed by atoms with Gasteiger partial charge in [0, 0.05) is 6.04 Å². The van der Waals surface area contributed by atoms with Crippen molar-refractivity contribution in [2.24, 2.45) is 17.4 Å². The normalized spacial score (nSPS) is 17.0. The molecule has 2 atom stereocenters. The predicted molar refractivity (Wildman–Crippen MR) is 87.5 cm³/mol. The van der Waals surface area contributed by atoms with Crippen LogP contribution in [0.2, 0.25) is 0 Å². The summed E-state index contributed by atoms with van der Waals surface area (Å²) >= 11 is 0. The molecule has 0 radical (unpaired) electrons. The number of carbonyl (C=O) groups excluding carboxylic acids is 1. The van der Waals surface area contributed by atoms with Gasteiger partial charge in [0.1, 0.15) is 5.75 Å². The summed E-state index contributed by atoms with van der Waals surface area (Å²) in [5.41, 5.74) is 12.0. The van der Waals surface area contributed by atoms with Gasteiger partial charge in [-0.1, -0.05) is 12.1 Å². The van der Waals surface area contributed by atoms with Crippen molar-refractivity contribution in [2.45, 2.75) is 44.7 Å². The van der Waals surface area contributed by atoms with E-state index in [1.54, 1.807) is 0 Å². The van der Waals surface area contributed by atoms with E-state index in [-0.39, 0.29) is 18.0 Å². The second-order valence-electron chi connectivity index (χ2n) is 6.10. The van der Waals surface area contributed by atoms with E-state index in [1.807, 2.05) is 31.2 Å². The van der Waals surface area contributed by atoms with Crippen LogP contribution in [0.15, 0.2) is 24.3 Å². The highest BCUT2D eigenvalue weighted by atomic mass is 16.5. The minimum absolute atomic E-state index is 0.0488. The molecule has 1 aliphatic carbocycles. The molecule has 5 nitrogen and oxygen atoms in total. The number of benzene rings is 1. The molecule has 5 N–H and O–H groups in total. The van der Waals surface area contributed by atoms with E-state index in [2.05, 4.69) is 5.32 Å². The van der Waals surface area contributed by atoms with Crippen LogP contribution in [0.1, 0.15) is 44.2 Å². The average molecular weight is 305 g/mol. The fourth-order valence-corrected chi connectivity index (χ4v) is 2.38. The second kappa shape index (κ2) is 8.15. The average Bonchev–Trinajstić information content (AvgIpc) is 3.33. The smallest absolute Gasteiger partial charge is 0.234 e. The lowest BCUT2D eigenvalue weighted by atomic mass is 10.0. The maximum absolute atomic E-state index is 11.5. The molecule has 0 aliphatic heterocycles. The van der Waals surface area contributed by atoms with Crippen molar-refractivity contribution in [3.8, 4) is 5.75 Å². The van der Waals surface area contributed by atoms with E-state index in [4.69, 9.17) is 16.2 Å². The largest absolute Gasteiger partial charge is 0.493 e. The molecule has 1 amide bonds. The molecule has 0 heterocycles. The van der Waals surface area contributed by atoms with Gasteiger partial charge in [0.15, 0.2) is 0 Å². The lowest BCUT2D eigenvalue weighted by Gasteiger charge is -2.21. The predicted octanol–water partition coefficient (Wildman–Crippen LogP) is 1.72. The first-order chi connectivity index (χ1) is 10.6. The third-order valence-electron chi connectivity index (χ3n) is 4.05. The molecule has 1 aromatic rings. The molecule has 0 aromatic heterocycles. The van der Waals surface area contributed by atoms with Crippen molar-refractivity contribution in [3.63, 3.8) is 0 Å². The van der Waals surface area contributed by atoms with Crippen molar-refractivity contribution in [1.82, 2.24) is 5.32 Å². The summed E-state index contributed by atoms with van der Waals surface area (Å²) < 4.78 is 5.73. The number of nitrogens with one attached hydrogen (secondary N) is 1. The van der Waals surface area contributed by atoms with Crippen LogP contribution in [0.3, 0.4) is 0 Å². The van der Waals surface area contributed by atoms with Crippen LogP contribution in [0, 0.1) is 5.92 Å². The van der Waals surface area contributed by atoms with E-state index in [0.717, 1.165) is 30.3 Å². The van der Waals surface area contributed by atoms with Crippen LogP contribution in [0.25, 0.3) is 0 Å². The Bertz CT molecular complexity index is 471. The highest BCUT2D eigenvalue weighted by Crippen LogP contribution is 2.29. The van der Waals surface area contributed by atoms with Crippen molar-refractivity contribution < 1.29 is 9.53 Å². The first-order valence-electron chi connectivity index (χ1n) is 8.08. The van der Waals surface area contributed by atoms with Gasteiger partial charge in [-0.05, 0) is 62.8 Å². The van der Waals surface area contributed by atoms with E-state index in [0.29, 0.717) is 13.0 Å². The zero-order valence-electron chi connectivity index (χ0n) is 13.3. The van der Waals surface area contributed by atoms with Crippen molar-refractivity contribution in [2.75, 3.05) is 13.2 Å². The third-order valence-corrected chi connectivity index (χ3v) is 4.05. The molecule has 22 heavy (non-hydrogen) atoms. The number of amides is 1. The Hall–Kier alpha value is -1.59. The zero-order chi connectivity index (χ0) is 15.9. The standard InChI is InChI=1S/C17H27N3O2/c1-12(20-16(17(19)21)3-2-10-18)14-6-8-15(9-7-14)22-11-13-4-5-13/h6-9,12-13,16,20H,2-5,10-11,18H2,1H3,(H2,19,21). The summed E-state index contributed by atoms with van der Waals surface area (Å²) in [6, 6.07) is 7.73. The lowest BCUT2D eigenvalue weighted by molar-refractivity contribution is -0.120. The fraction of sp³-hybridized carbons (Fsp3) is 0.588. The van der Waals surface area contributed by atoms with Gasteiger partial charge in [-0.15, -0.1) is 0 Å². The van der Waals surface area contributed by atoms with Gasteiger partial charge in [-0.2, -0.15) is 0 Å². The quantitative estimate of drug-likeness (QED) is 0.614. The summed E-state index contributed by atoms with van der Waals surface area (Å²) in [6.45, 7) is 3.40. The maximum Gasteiger partial charge on any atom is 0.234 e. The summed E-state index contributed by atoms with van der Waals surface area (Å²) in [4.78, 5) is 11.5. The fourth-order valence-electron chi connectivity index (χ4n) is 2.38. The molecule has 1 aromatic carbocycles. The number of ether oxygens (including phenoxy) is 1. The van der Waals surface area contributed by atoms with E-state index < -0.39 is 0 Å². The summed E-state index contributed by atoms with van der Waals surface area (Å²) in [5.74, 6) is 1.32. The number of hydrogen-bond donors (Lipinski definition) is 3. The Kier molecular flexibility index (Phi) is 6.21. The van der Waals surface area contributed by atoms with Crippen LogP contribution in [-0.4, -0.2) is 25.1 Å². The van der Waals surface area contributed by atoms with Gasteiger partial charge in [0.25, 0.3) is 0 Å². The summed E-state index contributed by atoms with van der Waals surface area (Å²) in [7, 11) is 0. The van der Waals surface area contributed by atoms with E-state index in [9.17, 15) is 4.79 Å². The first kappa shape index (κ1) is 16.8. The van der Waals surface area contributed by atoms with Gasteiger partial charge in [0.05, 0.1) is 12.6 Å². The molecule has 5 heteroatoms. The Balaban J connectivity index is 1.86. The topological polar surface area (TPSA) is 90.4 Å². The van der Waals surface area contributed by atoms with Gasteiger partial charge >= 0.3 is 0 Å². The van der Waals surface area contributed by atoms with E-state index >= 15 is 0 Å². The number of primary amides is 1. The minimum Gasteiger partial charge on any atom is -0.493 e. The van der Waals surface area contributed by atoms with Crippen LogP contribution in [0.4, 0.5) is 0 Å². The number of hydrogen-bond acceptors (Lipinski definition) is 4. The van der Waals surface area contributed by atoms with Crippen LogP contribution < -0.4 is 21.5 Å². The lowest BCUT2D eigenvalue weighted by Crippen LogP contribution is -2.42. The highest BCUT2D eigenvalue weighted by molar-refractivity contribution is 5.79. The molecule has 2 rings (SSSR count). The molecule has 1 fully saturated rings. The van der Waals surface area contributed by atoms with Crippen molar-refractivity contribution >= 4 is 5.91 Å². The molecular weight excluding hydrogens is 278 g/mol. The van der Waals surface area contributed by atoms with Gasteiger partial charge < -0.3 is 16.2 Å². The molecular formula is C17H27N3O2. The third kappa shape index (κ3) is 5.31. The number of carbonyl (C=O) groups is 1. The molecule has 0 bridgehead atoms. The molecule has 0 saturated heterocycles. The highest BCUT2D eigenvalue weighted by Gasteiger charge is 2.22. The summed E-state index contributed by atoms with van der Waals surface area (Å²) in [5, 5.41) is 3.28. The zero-order valence-corrected chi connectivity index (χ0v) is 13.3. The van der Waals surface area contributed by atoms with Gasteiger partial charge in [0.2, 0.25) is 5.91 Å². The van der Waals surface area contributed by atoms with Crippen molar-refractivity contribution in [1.29, 1.82) is 0 Å². The first-order valence-corrected chi connectivity index (χ1v) is 8.08. The van der Waals surface area contributed by atoms with Crippen LogP contribution >= 0.6 is 0 Å². The maximum atomic E-state index is 11.5. The summed E-state index contributed by atoms with van der Waals surface area (Å²) in [6.07, 6.45) is 4.02. The van der Waals surface area contributed by atoms with Crippen LogP contribution in [0.5, 0.6) is 5.75 Å². The van der Waals surface area contributed by atoms with Crippen LogP contribution in [-0.2, 0) is 4.79 Å². The van der Waals surface area contributed by atoms with Gasteiger partial charge in [-0.3, -0.25) is 10.1 Å². The minimum atomic E-state index is -0.343. The Morgan fingerprint density at radius 3 is 2.59 bits per heavy atom.